The minimum Gasteiger partial charge on any atom is -0.486 e. The lowest BCUT2D eigenvalue weighted by molar-refractivity contribution is -0.119. The molecule has 24 heavy (non-hydrogen) atoms. The molecule has 0 saturated heterocycles. The molecule has 0 radical (unpaired) electrons. The molecule has 1 atom stereocenters. The predicted octanol–water partition coefficient (Wildman–Crippen LogP) is 3.05. The van der Waals surface area contributed by atoms with Gasteiger partial charge in [-0.15, -0.1) is 10.2 Å². The molecule has 0 aliphatic carbocycles. The van der Waals surface area contributed by atoms with Crippen LogP contribution in [-0.4, -0.2) is 32.5 Å². The summed E-state index contributed by atoms with van der Waals surface area (Å²) in [5, 5.41) is 12.5. The van der Waals surface area contributed by atoms with Crippen molar-refractivity contribution in [2.24, 2.45) is 7.05 Å². The first-order chi connectivity index (χ1) is 11.5. The summed E-state index contributed by atoms with van der Waals surface area (Å²) in [4.78, 5) is 11.8. The van der Waals surface area contributed by atoms with Gasteiger partial charge in [0.2, 0.25) is 5.91 Å². The minimum absolute atomic E-state index is 0.00341. The van der Waals surface area contributed by atoms with Crippen molar-refractivity contribution in [3.63, 3.8) is 0 Å². The molecule has 1 N–H and O–H groups in total. The SMILES string of the molecule is CC[C@@H](C)NC(=O)CSc1nnc(COc2ccc(Cl)cc2)n1C. The highest BCUT2D eigenvalue weighted by Crippen LogP contribution is 2.18. The van der Waals surface area contributed by atoms with Crippen LogP contribution in [0.1, 0.15) is 26.1 Å². The molecule has 130 valence electrons. The normalized spacial score (nSPS) is 12.0. The van der Waals surface area contributed by atoms with E-state index in [-0.39, 0.29) is 11.9 Å². The van der Waals surface area contributed by atoms with E-state index in [0.29, 0.717) is 34.1 Å². The number of nitrogens with zero attached hydrogens (tertiary/aromatic N) is 3. The molecule has 6 nitrogen and oxygen atoms in total. The summed E-state index contributed by atoms with van der Waals surface area (Å²) in [6.45, 7) is 4.32. The molecule has 0 bridgehead atoms. The molecule has 1 amide bonds. The van der Waals surface area contributed by atoms with Crippen molar-refractivity contribution in [2.75, 3.05) is 5.75 Å². The van der Waals surface area contributed by atoms with Crippen LogP contribution in [-0.2, 0) is 18.4 Å². The van der Waals surface area contributed by atoms with Crippen LogP contribution in [0.4, 0.5) is 0 Å². The summed E-state index contributed by atoms with van der Waals surface area (Å²) < 4.78 is 7.49. The lowest BCUT2D eigenvalue weighted by atomic mass is 10.3. The number of benzene rings is 1. The Labute approximate surface area is 150 Å². The average molecular weight is 369 g/mol. The van der Waals surface area contributed by atoms with Gasteiger partial charge in [-0.05, 0) is 37.6 Å². The molecule has 1 aromatic carbocycles. The molecule has 1 aromatic heterocycles. The summed E-state index contributed by atoms with van der Waals surface area (Å²) in [5.74, 6) is 1.71. The summed E-state index contributed by atoms with van der Waals surface area (Å²) >= 11 is 7.20. The van der Waals surface area contributed by atoms with E-state index in [1.807, 2.05) is 25.5 Å². The third-order valence-electron chi connectivity index (χ3n) is 3.46. The van der Waals surface area contributed by atoms with Gasteiger partial charge in [0.05, 0.1) is 5.75 Å². The van der Waals surface area contributed by atoms with Gasteiger partial charge in [0.1, 0.15) is 12.4 Å². The highest BCUT2D eigenvalue weighted by molar-refractivity contribution is 7.99. The second-order valence-corrected chi connectivity index (χ2v) is 6.74. The first kappa shape index (κ1) is 18.6. The molecule has 0 saturated carbocycles. The number of carbonyl (C=O) groups is 1. The molecule has 2 rings (SSSR count). The number of ether oxygens (including phenoxy) is 1. The van der Waals surface area contributed by atoms with Gasteiger partial charge in [0.15, 0.2) is 11.0 Å². The fourth-order valence-electron chi connectivity index (χ4n) is 1.82. The van der Waals surface area contributed by atoms with E-state index in [4.69, 9.17) is 16.3 Å². The van der Waals surface area contributed by atoms with Crippen LogP contribution in [0.3, 0.4) is 0 Å². The Morgan fingerprint density at radius 3 is 2.75 bits per heavy atom. The smallest absolute Gasteiger partial charge is 0.230 e. The molecule has 0 fully saturated rings. The van der Waals surface area contributed by atoms with E-state index in [9.17, 15) is 4.79 Å². The molecule has 0 aliphatic heterocycles. The number of thioether (sulfide) groups is 1. The zero-order valence-corrected chi connectivity index (χ0v) is 15.5. The van der Waals surface area contributed by atoms with E-state index in [1.54, 1.807) is 24.3 Å². The van der Waals surface area contributed by atoms with Crippen LogP contribution in [0.2, 0.25) is 5.02 Å². The van der Waals surface area contributed by atoms with E-state index in [0.717, 1.165) is 6.42 Å². The van der Waals surface area contributed by atoms with Crippen LogP contribution < -0.4 is 10.1 Å². The summed E-state index contributed by atoms with van der Waals surface area (Å²) in [6.07, 6.45) is 0.909. The Morgan fingerprint density at radius 1 is 1.38 bits per heavy atom. The Morgan fingerprint density at radius 2 is 2.08 bits per heavy atom. The quantitative estimate of drug-likeness (QED) is 0.725. The van der Waals surface area contributed by atoms with Crippen molar-refractivity contribution in [2.45, 2.75) is 38.1 Å². The highest BCUT2D eigenvalue weighted by atomic mass is 35.5. The summed E-state index contributed by atoms with van der Waals surface area (Å²) in [7, 11) is 1.86. The zero-order valence-electron chi connectivity index (χ0n) is 14.0. The molecule has 2 aromatic rings. The molecule has 0 spiro atoms. The third kappa shape index (κ3) is 5.42. The van der Waals surface area contributed by atoms with Crippen LogP contribution in [0.5, 0.6) is 5.75 Å². The van der Waals surface area contributed by atoms with Crippen LogP contribution in [0.25, 0.3) is 0 Å². The largest absolute Gasteiger partial charge is 0.486 e. The van der Waals surface area contributed by atoms with Crippen molar-refractivity contribution in [1.82, 2.24) is 20.1 Å². The first-order valence-corrected chi connectivity index (χ1v) is 9.04. The van der Waals surface area contributed by atoms with Gasteiger partial charge in [-0.25, -0.2) is 0 Å². The second-order valence-electron chi connectivity index (χ2n) is 5.37. The topological polar surface area (TPSA) is 69.0 Å². The maximum Gasteiger partial charge on any atom is 0.230 e. The van der Waals surface area contributed by atoms with Gasteiger partial charge in [0.25, 0.3) is 0 Å². The molecule has 1 heterocycles. The van der Waals surface area contributed by atoms with E-state index >= 15 is 0 Å². The third-order valence-corrected chi connectivity index (χ3v) is 4.73. The molecule has 0 aliphatic rings. The van der Waals surface area contributed by atoms with Crippen molar-refractivity contribution in [3.05, 3.63) is 35.1 Å². The lowest BCUT2D eigenvalue weighted by Crippen LogP contribution is -2.33. The maximum absolute atomic E-state index is 11.8. The fourth-order valence-corrected chi connectivity index (χ4v) is 2.69. The molecule has 0 unspecified atom stereocenters. The average Bonchev–Trinajstić information content (AvgIpc) is 2.92. The second kappa shape index (κ2) is 8.94. The van der Waals surface area contributed by atoms with Crippen LogP contribution >= 0.6 is 23.4 Å². The Kier molecular flexibility index (Phi) is 6.93. The monoisotopic (exact) mass is 368 g/mol. The van der Waals surface area contributed by atoms with Crippen molar-refractivity contribution < 1.29 is 9.53 Å². The Balaban J connectivity index is 1.86. The van der Waals surface area contributed by atoms with Gasteiger partial charge in [0, 0.05) is 18.1 Å². The van der Waals surface area contributed by atoms with E-state index in [2.05, 4.69) is 15.5 Å². The fraction of sp³-hybridized carbons (Fsp3) is 0.438. The van der Waals surface area contributed by atoms with Crippen molar-refractivity contribution >= 4 is 29.3 Å². The van der Waals surface area contributed by atoms with Gasteiger partial charge < -0.3 is 14.6 Å². The van der Waals surface area contributed by atoms with E-state index in [1.165, 1.54) is 11.8 Å². The maximum atomic E-state index is 11.8. The molecular formula is C16H21ClN4O2S. The summed E-state index contributed by atoms with van der Waals surface area (Å²) in [6, 6.07) is 7.32. The first-order valence-electron chi connectivity index (χ1n) is 7.68. The number of amides is 1. The molecule has 8 heteroatoms. The Bertz CT molecular complexity index is 675. The number of nitrogens with one attached hydrogen (secondary N) is 1. The van der Waals surface area contributed by atoms with Gasteiger partial charge in [-0.1, -0.05) is 30.3 Å². The van der Waals surface area contributed by atoms with Crippen molar-refractivity contribution in [3.8, 4) is 5.75 Å². The van der Waals surface area contributed by atoms with Crippen LogP contribution in [0, 0.1) is 0 Å². The summed E-state index contributed by atoms with van der Waals surface area (Å²) in [5.41, 5.74) is 0. The van der Waals surface area contributed by atoms with Crippen molar-refractivity contribution in [1.29, 1.82) is 0 Å². The number of hydrogen-bond acceptors (Lipinski definition) is 5. The number of halogens is 1. The highest BCUT2D eigenvalue weighted by Gasteiger charge is 2.12. The number of carbonyl (C=O) groups excluding carboxylic acids is 1. The lowest BCUT2D eigenvalue weighted by Gasteiger charge is -2.10. The number of rotatable bonds is 8. The van der Waals surface area contributed by atoms with Gasteiger partial charge in [-0.2, -0.15) is 0 Å². The minimum atomic E-state index is -0.00341. The van der Waals surface area contributed by atoms with E-state index < -0.39 is 0 Å². The number of hydrogen-bond donors (Lipinski definition) is 1. The predicted molar refractivity (Wildman–Crippen MR) is 95.4 cm³/mol. The zero-order chi connectivity index (χ0) is 17.5. The van der Waals surface area contributed by atoms with Gasteiger partial charge >= 0.3 is 0 Å². The number of aromatic nitrogens is 3. The molecular weight excluding hydrogens is 348 g/mol. The van der Waals surface area contributed by atoms with Crippen LogP contribution in [0.15, 0.2) is 29.4 Å². The Hall–Kier alpha value is -1.73. The van der Waals surface area contributed by atoms with Gasteiger partial charge in [-0.3, -0.25) is 4.79 Å². The standard InChI is InChI=1S/C16H21ClN4O2S/c1-4-11(2)18-15(22)10-24-16-20-19-14(21(16)3)9-23-13-7-5-12(17)6-8-13/h5-8,11H,4,9-10H2,1-3H3,(H,18,22)/t11-/m1/s1.